The van der Waals surface area contributed by atoms with E-state index >= 15 is 0 Å². The van der Waals surface area contributed by atoms with Crippen molar-refractivity contribution in [1.82, 2.24) is 4.57 Å². The number of carbonyl (C=O) groups excluding carboxylic acids is 2. The molecule has 0 aliphatic heterocycles. The van der Waals surface area contributed by atoms with Gasteiger partial charge in [0.05, 0.1) is 4.88 Å². The number of nitrogens with zero attached hydrogens (tertiary/aromatic N) is 1. The van der Waals surface area contributed by atoms with Gasteiger partial charge in [0, 0.05) is 39.5 Å². The van der Waals surface area contributed by atoms with Crippen molar-refractivity contribution in [2.75, 3.05) is 0 Å². The summed E-state index contributed by atoms with van der Waals surface area (Å²) in [6.07, 6.45) is 3.32. The van der Waals surface area contributed by atoms with Gasteiger partial charge in [-0.25, -0.2) is 0 Å². The molecule has 27 heavy (non-hydrogen) atoms. The van der Waals surface area contributed by atoms with E-state index in [0.717, 1.165) is 33.2 Å². The topological polar surface area (TPSA) is 39.1 Å². The molecule has 0 spiro atoms. The van der Waals surface area contributed by atoms with E-state index in [1.807, 2.05) is 60.8 Å². The molecule has 2 heterocycles. The average molecular weight is 373 g/mol. The quantitative estimate of drug-likeness (QED) is 0.324. The smallest absolute Gasteiger partial charge is 0.202 e. The first kappa shape index (κ1) is 17.4. The molecule has 0 amide bonds. The molecule has 0 radical (unpaired) electrons. The predicted molar refractivity (Wildman–Crippen MR) is 112 cm³/mol. The largest absolute Gasteiger partial charge is 0.341 e. The Morgan fingerprint density at radius 3 is 2.26 bits per heavy atom. The molecule has 0 aliphatic rings. The summed E-state index contributed by atoms with van der Waals surface area (Å²) in [6.45, 7) is 4.75. The van der Waals surface area contributed by atoms with Gasteiger partial charge < -0.3 is 4.57 Å². The van der Waals surface area contributed by atoms with Crippen LogP contribution in [0.1, 0.15) is 39.4 Å². The fraction of sp³-hybridized carbons (Fsp3) is 0.130. The predicted octanol–water partition coefficient (Wildman–Crippen LogP) is 5.87. The minimum atomic E-state index is -0.0115. The van der Waals surface area contributed by atoms with E-state index in [-0.39, 0.29) is 11.6 Å². The molecule has 0 N–H and O–H groups in total. The lowest BCUT2D eigenvalue weighted by Crippen LogP contribution is -1.98. The maximum absolute atomic E-state index is 12.8. The highest BCUT2D eigenvalue weighted by Crippen LogP contribution is 2.31. The number of hydrogen-bond acceptors (Lipinski definition) is 3. The lowest BCUT2D eigenvalue weighted by Gasteiger charge is -2.04. The molecule has 2 aromatic heterocycles. The van der Waals surface area contributed by atoms with E-state index in [9.17, 15) is 9.59 Å². The molecule has 0 unspecified atom stereocenters. The van der Waals surface area contributed by atoms with Gasteiger partial charge in [-0.3, -0.25) is 9.59 Å². The Bertz CT molecular complexity index is 1200. The second-order valence-electron chi connectivity index (χ2n) is 6.38. The second kappa shape index (κ2) is 6.97. The Hall–Kier alpha value is -2.98. The molecule has 0 saturated heterocycles. The van der Waals surface area contributed by atoms with Crippen LogP contribution in [0.5, 0.6) is 0 Å². The van der Waals surface area contributed by atoms with Crippen LogP contribution in [0.3, 0.4) is 0 Å². The Morgan fingerprint density at radius 1 is 1.00 bits per heavy atom. The van der Waals surface area contributed by atoms with E-state index < -0.39 is 0 Å². The van der Waals surface area contributed by atoms with Crippen LogP contribution in [-0.4, -0.2) is 16.1 Å². The van der Waals surface area contributed by atoms with Crippen LogP contribution in [0, 0.1) is 0 Å². The highest BCUT2D eigenvalue weighted by Gasteiger charge is 2.16. The number of ketones is 2. The van der Waals surface area contributed by atoms with Gasteiger partial charge in [-0.05, 0) is 67.8 Å². The van der Waals surface area contributed by atoms with Gasteiger partial charge in [0.2, 0.25) is 5.78 Å². The zero-order chi connectivity index (χ0) is 19.0. The number of carbonyl (C=O) groups is 2. The van der Waals surface area contributed by atoms with Gasteiger partial charge >= 0.3 is 0 Å². The lowest BCUT2D eigenvalue weighted by atomic mass is 10.0. The highest BCUT2D eigenvalue weighted by molar-refractivity contribution is 7.12. The minimum absolute atomic E-state index is 0.0115. The van der Waals surface area contributed by atoms with Crippen LogP contribution < -0.4 is 0 Å². The van der Waals surface area contributed by atoms with E-state index in [4.69, 9.17) is 0 Å². The molecular formula is C23H19NO2S. The summed E-state index contributed by atoms with van der Waals surface area (Å²) in [7, 11) is 0. The molecule has 134 valence electrons. The van der Waals surface area contributed by atoms with Crippen molar-refractivity contribution in [3.8, 4) is 0 Å². The number of rotatable bonds is 5. The summed E-state index contributed by atoms with van der Waals surface area (Å²) in [5.41, 5.74) is 3.48. The minimum Gasteiger partial charge on any atom is -0.341 e. The molecule has 4 rings (SSSR count). The van der Waals surface area contributed by atoms with E-state index in [1.54, 1.807) is 12.2 Å². The third kappa shape index (κ3) is 2.92. The lowest BCUT2D eigenvalue weighted by molar-refractivity contribution is 0.103. The average Bonchev–Trinajstić information content (AvgIpc) is 3.33. The van der Waals surface area contributed by atoms with Crippen molar-refractivity contribution in [2.45, 2.75) is 20.4 Å². The van der Waals surface area contributed by atoms with E-state index in [0.29, 0.717) is 11.1 Å². The van der Waals surface area contributed by atoms with Crippen LogP contribution in [-0.2, 0) is 6.54 Å². The maximum Gasteiger partial charge on any atom is 0.202 e. The van der Waals surface area contributed by atoms with Crippen LogP contribution in [0.2, 0.25) is 0 Å². The van der Waals surface area contributed by atoms with Crippen molar-refractivity contribution in [3.05, 3.63) is 82.1 Å². The van der Waals surface area contributed by atoms with E-state index in [2.05, 4.69) is 11.5 Å². The highest BCUT2D eigenvalue weighted by atomic mass is 32.1. The zero-order valence-corrected chi connectivity index (χ0v) is 16.0. The number of benzene rings is 2. The Labute approximate surface area is 161 Å². The normalized spacial score (nSPS) is 11.6. The van der Waals surface area contributed by atoms with Gasteiger partial charge in [-0.1, -0.05) is 12.1 Å². The van der Waals surface area contributed by atoms with Crippen molar-refractivity contribution in [1.29, 1.82) is 0 Å². The molecular weight excluding hydrogens is 354 g/mol. The summed E-state index contributed by atoms with van der Waals surface area (Å²) in [5.74, 6) is 0.0214. The molecule has 0 saturated carbocycles. The SMILES string of the molecule is C/C=C/C(=O)c1ccc2c(c1)c1cc(C(=O)c3cccs3)ccc1n2CC. The summed E-state index contributed by atoms with van der Waals surface area (Å²) in [5, 5.41) is 3.92. The third-order valence-electron chi connectivity index (χ3n) is 4.79. The van der Waals surface area contributed by atoms with Gasteiger partial charge in [0.25, 0.3) is 0 Å². The molecule has 0 atom stereocenters. The maximum atomic E-state index is 12.8. The fourth-order valence-electron chi connectivity index (χ4n) is 3.54. The van der Waals surface area contributed by atoms with Gasteiger partial charge in [0.1, 0.15) is 0 Å². The van der Waals surface area contributed by atoms with Crippen LogP contribution in [0.4, 0.5) is 0 Å². The first-order valence-electron chi connectivity index (χ1n) is 8.95. The number of hydrogen-bond donors (Lipinski definition) is 0. The van der Waals surface area contributed by atoms with E-state index in [1.165, 1.54) is 11.3 Å². The number of aromatic nitrogens is 1. The monoisotopic (exact) mass is 373 g/mol. The van der Waals surface area contributed by atoms with Gasteiger partial charge in [0.15, 0.2) is 5.78 Å². The van der Waals surface area contributed by atoms with Crippen molar-refractivity contribution < 1.29 is 9.59 Å². The first-order chi connectivity index (χ1) is 13.1. The fourth-order valence-corrected chi connectivity index (χ4v) is 4.22. The summed E-state index contributed by atoms with van der Waals surface area (Å²) in [6, 6.07) is 15.4. The zero-order valence-electron chi connectivity index (χ0n) is 15.2. The number of aryl methyl sites for hydroxylation is 1. The Morgan fingerprint density at radius 2 is 1.67 bits per heavy atom. The molecule has 4 aromatic rings. The first-order valence-corrected chi connectivity index (χ1v) is 9.83. The van der Waals surface area contributed by atoms with Crippen molar-refractivity contribution >= 4 is 44.7 Å². The molecule has 4 heteroatoms. The van der Waals surface area contributed by atoms with Crippen LogP contribution >= 0.6 is 11.3 Å². The number of allylic oxidation sites excluding steroid dienone is 2. The summed E-state index contributed by atoms with van der Waals surface area (Å²) < 4.78 is 2.22. The molecule has 3 nitrogen and oxygen atoms in total. The van der Waals surface area contributed by atoms with Crippen molar-refractivity contribution in [2.24, 2.45) is 0 Å². The van der Waals surface area contributed by atoms with Crippen LogP contribution in [0.25, 0.3) is 21.8 Å². The summed E-state index contributed by atoms with van der Waals surface area (Å²) >= 11 is 1.45. The summed E-state index contributed by atoms with van der Waals surface area (Å²) in [4.78, 5) is 25.8. The molecule has 0 bridgehead atoms. The van der Waals surface area contributed by atoms with Crippen LogP contribution in [0.15, 0.2) is 66.1 Å². The van der Waals surface area contributed by atoms with Gasteiger partial charge in [-0.15, -0.1) is 11.3 Å². The standard InChI is InChI=1S/C23H19NO2S/c1-3-6-21(25)15-8-10-19-17(13-15)18-14-16(9-11-20(18)24(19)4-2)23(26)22-7-5-12-27-22/h3,5-14H,4H2,1-2H3/b6-3+. The number of fused-ring (bicyclic) bond motifs is 3. The van der Waals surface area contributed by atoms with Gasteiger partial charge in [-0.2, -0.15) is 0 Å². The third-order valence-corrected chi connectivity index (χ3v) is 5.66. The molecule has 2 aromatic carbocycles. The Kier molecular flexibility index (Phi) is 4.50. The van der Waals surface area contributed by atoms with Crippen molar-refractivity contribution in [3.63, 3.8) is 0 Å². The molecule has 0 fully saturated rings. The Balaban J connectivity index is 1.95. The number of thiophene rings is 1. The second-order valence-corrected chi connectivity index (χ2v) is 7.33. The molecule has 0 aliphatic carbocycles.